The lowest BCUT2D eigenvalue weighted by Crippen LogP contribution is -1.78. The van der Waals surface area contributed by atoms with Gasteiger partial charge in [-0.15, -0.1) is 0 Å². The highest BCUT2D eigenvalue weighted by Crippen LogP contribution is 2.23. The molecule has 0 aliphatic rings. The molecule has 0 saturated carbocycles. The van der Waals surface area contributed by atoms with Gasteiger partial charge in [-0.2, -0.15) is 0 Å². The third-order valence-corrected chi connectivity index (χ3v) is 2.53. The summed E-state index contributed by atoms with van der Waals surface area (Å²) in [5.41, 5.74) is 2.61. The van der Waals surface area contributed by atoms with Gasteiger partial charge in [-0.3, -0.25) is 0 Å². The van der Waals surface area contributed by atoms with Crippen LogP contribution in [0.3, 0.4) is 0 Å². The van der Waals surface area contributed by atoms with Crippen LogP contribution in [0.2, 0.25) is 0 Å². The molecule has 0 aromatic heterocycles. The zero-order chi connectivity index (χ0) is 7.56. The van der Waals surface area contributed by atoms with Gasteiger partial charge in [-0.05, 0) is 58.8 Å². The highest BCUT2D eigenvalue weighted by molar-refractivity contribution is 8.21. The number of aryl methyl sites for hydroxylation is 2. The number of rotatable bonds is 1. The maximum absolute atomic E-state index is 5.57. The van der Waals surface area contributed by atoms with E-state index in [1.54, 1.807) is 0 Å². The van der Waals surface area contributed by atoms with Gasteiger partial charge in [0.1, 0.15) is 0 Å². The van der Waals surface area contributed by atoms with Crippen LogP contribution in [0, 0.1) is 13.8 Å². The summed E-state index contributed by atoms with van der Waals surface area (Å²) in [7, 11) is 6.83. The van der Waals surface area contributed by atoms with Crippen LogP contribution >= 0.6 is 21.7 Å². The van der Waals surface area contributed by atoms with Crippen molar-refractivity contribution in [2.45, 2.75) is 18.7 Å². The van der Waals surface area contributed by atoms with E-state index in [-0.39, 0.29) is 0 Å². The summed E-state index contributed by atoms with van der Waals surface area (Å²) in [4.78, 5) is 1.12. The second kappa shape index (κ2) is 3.31. The molecule has 0 heterocycles. The van der Waals surface area contributed by atoms with Crippen molar-refractivity contribution >= 4 is 21.7 Å². The van der Waals surface area contributed by atoms with E-state index in [0.29, 0.717) is 0 Å². The van der Waals surface area contributed by atoms with E-state index in [1.807, 2.05) is 6.07 Å². The topological polar surface area (TPSA) is 0 Å². The van der Waals surface area contributed by atoms with Gasteiger partial charge in [0.25, 0.3) is 0 Å². The van der Waals surface area contributed by atoms with Crippen LogP contribution in [0.25, 0.3) is 0 Å². The number of hydrogen-bond acceptors (Lipinski definition) is 1. The highest BCUT2D eigenvalue weighted by atomic mass is 35.7. The molecule has 54 valence electrons. The van der Waals surface area contributed by atoms with Crippen molar-refractivity contribution in [3.05, 3.63) is 29.3 Å². The van der Waals surface area contributed by atoms with Crippen LogP contribution in [-0.4, -0.2) is 0 Å². The van der Waals surface area contributed by atoms with Crippen LogP contribution in [0.15, 0.2) is 23.1 Å². The molecule has 0 aliphatic carbocycles. The third kappa shape index (κ3) is 1.68. The monoisotopic (exact) mass is 172 g/mol. The van der Waals surface area contributed by atoms with Crippen LogP contribution in [-0.2, 0) is 0 Å². The summed E-state index contributed by atoms with van der Waals surface area (Å²) in [6, 6.07) is 6.20. The zero-order valence-electron chi connectivity index (χ0n) is 6.02. The maximum Gasteiger partial charge on any atom is 0.0236 e. The molecule has 1 aromatic rings. The lowest BCUT2D eigenvalue weighted by atomic mass is 10.1. The SMILES string of the molecule is Cc1ccc(SCl)cc1C. The molecule has 0 spiro atoms. The minimum atomic E-state index is 1.12. The van der Waals surface area contributed by atoms with Crippen molar-refractivity contribution in [1.82, 2.24) is 0 Å². The second-order valence-corrected chi connectivity index (χ2v) is 3.41. The van der Waals surface area contributed by atoms with Crippen molar-refractivity contribution in [3.63, 3.8) is 0 Å². The molecule has 0 radical (unpaired) electrons. The average molecular weight is 173 g/mol. The first-order valence-electron chi connectivity index (χ1n) is 3.10. The van der Waals surface area contributed by atoms with Gasteiger partial charge in [0, 0.05) is 4.90 Å². The molecule has 0 unspecified atom stereocenters. The molecule has 0 atom stereocenters. The van der Waals surface area contributed by atoms with E-state index in [2.05, 4.69) is 26.0 Å². The van der Waals surface area contributed by atoms with E-state index < -0.39 is 0 Å². The van der Waals surface area contributed by atoms with Gasteiger partial charge < -0.3 is 0 Å². The van der Waals surface area contributed by atoms with Gasteiger partial charge in [0.05, 0.1) is 0 Å². The van der Waals surface area contributed by atoms with Crippen LogP contribution in [0.5, 0.6) is 0 Å². The van der Waals surface area contributed by atoms with E-state index in [4.69, 9.17) is 10.7 Å². The summed E-state index contributed by atoms with van der Waals surface area (Å²) in [5.74, 6) is 0. The van der Waals surface area contributed by atoms with Crippen molar-refractivity contribution in [2.24, 2.45) is 0 Å². The Morgan fingerprint density at radius 3 is 2.40 bits per heavy atom. The molecule has 10 heavy (non-hydrogen) atoms. The summed E-state index contributed by atoms with van der Waals surface area (Å²) in [6.45, 7) is 4.18. The van der Waals surface area contributed by atoms with Crippen molar-refractivity contribution < 1.29 is 0 Å². The highest BCUT2D eigenvalue weighted by Gasteiger charge is 1.93. The fourth-order valence-corrected chi connectivity index (χ4v) is 1.39. The van der Waals surface area contributed by atoms with Gasteiger partial charge >= 0.3 is 0 Å². The van der Waals surface area contributed by atoms with Crippen LogP contribution in [0.4, 0.5) is 0 Å². The quantitative estimate of drug-likeness (QED) is 0.625. The van der Waals surface area contributed by atoms with Crippen LogP contribution in [0.1, 0.15) is 11.1 Å². The fourth-order valence-electron chi connectivity index (χ4n) is 0.762. The number of benzene rings is 1. The molecular weight excluding hydrogens is 164 g/mol. The molecular formula is C8H9ClS. The Labute approximate surface area is 70.1 Å². The summed E-state index contributed by atoms with van der Waals surface area (Å²) < 4.78 is 0. The molecule has 1 aromatic carbocycles. The molecule has 0 saturated heterocycles. The molecule has 0 bridgehead atoms. The Morgan fingerprint density at radius 2 is 1.90 bits per heavy atom. The van der Waals surface area contributed by atoms with Crippen molar-refractivity contribution in [2.75, 3.05) is 0 Å². The van der Waals surface area contributed by atoms with Gasteiger partial charge in [0.15, 0.2) is 0 Å². The van der Waals surface area contributed by atoms with E-state index in [0.717, 1.165) is 4.90 Å². The Balaban J connectivity index is 3.04. The largest absolute Gasteiger partial charge is 0.0579 e. The molecule has 0 aliphatic heterocycles. The second-order valence-electron chi connectivity index (χ2n) is 2.32. The summed E-state index contributed by atoms with van der Waals surface area (Å²) >= 11 is 0. The first-order valence-corrected chi connectivity index (χ1v) is 4.74. The first-order chi connectivity index (χ1) is 4.74. The predicted octanol–water partition coefficient (Wildman–Crippen LogP) is 3.55. The Bertz CT molecular complexity index is 233. The van der Waals surface area contributed by atoms with E-state index >= 15 is 0 Å². The summed E-state index contributed by atoms with van der Waals surface area (Å²) in [6.07, 6.45) is 0. The third-order valence-electron chi connectivity index (χ3n) is 1.57. The van der Waals surface area contributed by atoms with E-state index in [9.17, 15) is 0 Å². The van der Waals surface area contributed by atoms with Gasteiger partial charge in [-0.25, -0.2) is 0 Å². The molecule has 0 nitrogen and oxygen atoms in total. The molecule has 0 fully saturated rings. The van der Waals surface area contributed by atoms with Gasteiger partial charge in [-0.1, -0.05) is 6.07 Å². The summed E-state index contributed by atoms with van der Waals surface area (Å²) in [5, 5.41) is 0. The van der Waals surface area contributed by atoms with E-state index in [1.165, 1.54) is 22.1 Å². The smallest absolute Gasteiger partial charge is 0.0236 e. The number of hydrogen-bond donors (Lipinski definition) is 0. The molecule has 1 rings (SSSR count). The van der Waals surface area contributed by atoms with Crippen LogP contribution < -0.4 is 0 Å². The van der Waals surface area contributed by atoms with Crippen molar-refractivity contribution in [3.8, 4) is 0 Å². The maximum atomic E-state index is 5.57. The lowest BCUT2D eigenvalue weighted by Gasteiger charge is -1.99. The normalized spacial score (nSPS) is 9.90. The fraction of sp³-hybridized carbons (Fsp3) is 0.250. The minimum Gasteiger partial charge on any atom is -0.0579 e. The van der Waals surface area contributed by atoms with Crippen molar-refractivity contribution in [1.29, 1.82) is 0 Å². The lowest BCUT2D eigenvalue weighted by molar-refractivity contribution is 1.28. The number of halogens is 1. The Hall–Kier alpha value is -0.140. The first kappa shape index (κ1) is 7.96. The zero-order valence-corrected chi connectivity index (χ0v) is 7.59. The van der Waals surface area contributed by atoms with Gasteiger partial charge in [0.2, 0.25) is 0 Å². The molecule has 0 amide bonds. The minimum absolute atomic E-state index is 1.12. The molecule has 0 N–H and O–H groups in total. The average Bonchev–Trinajstić information content (AvgIpc) is 1.95. The Morgan fingerprint density at radius 1 is 1.20 bits per heavy atom. The molecule has 2 heteroatoms. The Kier molecular flexibility index (Phi) is 2.64. The predicted molar refractivity (Wildman–Crippen MR) is 47.6 cm³/mol. The standard InChI is InChI=1S/C8H9ClS/c1-6-3-4-8(10-9)5-7(6)2/h3-5H,1-2H3.